The second-order valence-electron chi connectivity index (χ2n) is 4.70. The number of benzene rings is 1. The van der Waals surface area contributed by atoms with Gasteiger partial charge in [0.2, 0.25) is 0 Å². The lowest BCUT2D eigenvalue weighted by atomic mass is 10.2. The first-order valence-electron chi connectivity index (χ1n) is 7.10. The molecule has 1 aromatic heterocycles. The van der Waals surface area contributed by atoms with Crippen molar-refractivity contribution in [2.24, 2.45) is 0 Å². The zero-order valence-corrected chi connectivity index (χ0v) is 12.6. The maximum absolute atomic E-state index is 12.6. The fraction of sp³-hybridized carbons (Fsp3) is 0.312. The van der Waals surface area contributed by atoms with Crippen molar-refractivity contribution < 1.29 is 4.79 Å². The fourth-order valence-corrected chi connectivity index (χ4v) is 2.04. The molecule has 2 rings (SSSR count). The van der Waals surface area contributed by atoms with Gasteiger partial charge in [0.1, 0.15) is 11.5 Å². The Morgan fingerprint density at radius 3 is 2.52 bits per heavy atom. The van der Waals surface area contributed by atoms with E-state index in [-0.39, 0.29) is 5.91 Å². The van der Waals surface area contributed by atoms with Crippen molar-refractivity contribution in [1.29, 1.82) is 0 Å². The lowest BCUT2D eigenvalue weighted by molar-refractivity contribution is 0.0983. The van der Waals surface area contributed by atoms with Crippen molar-refractivity contribution in [2.75, 3.05) is 23.3 Å². The maximum Gasteiger partial charge on any atom is 0.278 e. The number of rotatable bonds is 5. The molecule has 5 heteroatoms. The predicted octanol–water partition coefficient (Wildman–Crippen LogP) is 2.88. The van der Waals surface area contributed by atoms with Crippen LogP contribution in [0.4, 0.5) is 11.5 Å². The van der Waals surface area contributed by atoms with Crippen molar-refractivity contribution >= 4 is 17.4 Å². The molecule has 110 valence electrons. The standard InChI is InChI=1S/C16H20N4O/c1-4-18-15-11-17-10-14(19-15)16(21)20(5-2)13-8-6-12(3)7-9-13/h6-11H,4-5H2,1-3H3,(H,18,19). The Hall–Kier alpha value is -2.43. The van der Waals surface area contributed by atoms with Crippen LogP contribution in [0.2, 0.25) is 0 Å². The summed E-state index contributed by atoms with van der Waals surface area (Å²) in [6.07, 6.45) is 3.11. The van der Waals surface area contributed by atoms with Gasteiger partial charge >= 0.3 is 0 Å². The third kappa shape index (κ3) is 3.56. The summed E-state index contributed by atoms with van der Waals surface area (Å²) >= 11 is 0. The summed E-state index contributed by atoms with van der Waals surface area (Å²) < 4.78 is 0. The highest BCUT2D eigenvalue weighted by molar-refractivity contribution is 6.04. The van der Waals surface area contributed by atoms with Crippen molar-refractivity contribution in [2.45, 2.75) is 20.8 Å². The van der Waals surface area contributed by atoms with Crippen LogP contribution in [-0.2, 0) is 0 Å². The summed E-state index contributed by atoms with van der Waals surface area (Å²) in [4.78, 5) is 22.7. The molecule has 21 heavy (non-hydrogen) atoms. The number of nitrogens with zero attached hydrogens (tertiary/aromatic N) is 3. The smallest absolute Gasteiger partial charge is 0.278 e. The molecule has 0 atom stereocenters. The Morgan fingerprint density at radius 2 is 1.90 bits per heavy atom. The summed E-state index contributed by atoms with van der Waals surface area (Å²) in [5.74, 6) is 0.469. The zero-order valence-electron chi connectivity index (χ0n) is 12.6. The van der Waals surface area contributed by atoms with Crippen molar-refractivity contribution in [3.05, 3.63) is 47.9 Å². The zero-order chi connectivity index (χ0) is 15.2. The fourth-order valence-electron chi connectivity index (χ4n) is 2.04. The molecule has 0 aliphatic rings. The van der Waals surface area contributed by atoms with Gasteiger partial charge in [-0.25, -0.2) is 4.98 Å². The summed E-state index contributed by atoms with van der Waals surface area (Å²) in [6, 6.07) is 7.87. The number of nitrogens with one attached hydrogen (secondary N) is 1. The van der Waals surface area contributed by atoms with Crippen LogP contribution < -0.4 is 10.2 Å². The number of hydrogen-bond acceptors (Lipinski definition) is 4. The molecule has 0 fully saturated rings. The van der Waals surface area contributed by atoms with Gasteiger partial charge in [0.25, 0.3) is 5.91 Å². The van der Waals surface area contributed by atoms with E-state index in [0.717, 1.165) is 17.8 Å². The first-order chi connectivity index (χ1) is 10.2. The summed E-state index contributed by atoms with van der Waals surface area (Å²) in [6.45, 7) is 7.25. The average molecular weight is 284 g/mol. The van der Waals surface area contributed by atoms with Gasteiger partial charge in [-0.3, -0.25) is 9.78 Å². The van der Waals surface area contributed by atoms with Crippen LogP contribution in [0.3, 0.4) is 0 Å². The molecule has 0 radical (unpaired) electrons. The molecule has 0 bridgehead atoms. The quantitative estimate of drug-likeness (QED) is 0.917. The largest absolute Gasteiger partial charge is 0.369 e. The van der Waals surface area contributed by atoms with Crippen LogP contribution in [0, 0.1) is 6.92 Å². The van der Waals surface area contributed by atoms with Gasteiger partial charge < -0.3 is 10.2 Å². The summed E-state index contributed by atoms with van der Waals surface area (Å²) in [5.41, 5.74) is 2.37. The second-order valence-corrected chi connectivity index (χ2v) is 4.70. The third-order valence-electron chi connectivity index (χ3n) is 3.12. The Balaban J connectivity index is 2.27. The number of aryl methyl sites for hydroxylation is 1. The van der Waals surface area contributed by atoms with Crippen LogP contribution >= 0.6 is 0 Å². The molecule has 1 N–H and O–H groups in total. The van der Waals surface area contributed by atoms with E-state index in [1.165, 1.54) is 6.20 Å². The third-order valence-corrected chi connectivity index (χ3v) is 3.12. The lowest BCUT2D eigenvalue weighted by Crippen LogP contribution is -2.31. The van der Waals surface area contributed by atoms with Crippen LogP contribution in [0.1, 0.15) is 29.9 Å². The molecule has 1 aromatic carbocycles. The van der Waals surface area contributed by atoms with Gasteiger partial charge in [-0.2, -0.15) is 0 Å². The van der Waals surface area contributed by atoms with E-state index in [0.29, 0.717) is 18.1 Å². The Morgan fingerprint density at radius 1 is 1.19 bits per heavy atom. The summed E-state index contributed by atoms with van der Waals surface area (Å²) in [7, 11) is 0. The van der Waals surface area contributed by atoms with E-state index >= 15 is 0 Å². The molecule has 0 aliphatic carbocycles. The Bertz CT molecular complexity index is 610. The minimum absolute atomic E-state index is 0.145. The van der Waals surface area contributed by atoms with E-state index in [1.807, 2.05) is 45.0 Å². The number of amides is 1. The van der Waals surface area contributed by atoms with Crippen LogP contribution in [0.5, 0.6) is 0 Å². The topological polar surface area (TPSA) is 58.1 Å². The van der Waals surface area contributed by atoms with Crippen LogP contribution in [0.25, 0.3) is 0 Å². The van der Waals surface area contributed by atoms with Crippen LogP contribution in [-0.4, -0.2) is 29.0 Å². The van der Waals surface area contributed by atoms with E-state index < -0.39 is 0 Å². The molecule has 0 spiro atoms. The number of carbonyl (C=O) groups excluding carboxylic acids is 1. The average Bonchev–Trinajstić information content (AvgIpc) is 2.50. The van der Waals surface area contributed by atoms with Gasteiger partial charge in [-0.05, 0) is 32.9 Å². The highest BCUT2D eigenvalue weighted by Crippen LogP contribution is 2.17. The minimum Gasteiger partial charge on any atom is -0.369 e. The molecular formula is C16H20N4O. The molecule has 0 saturated carbocycles. The SMILES string of the molecule is CCNc1cncc(C(=O)N(CC)c2ccc(C)cc2)n1. The van der Waals surface area contributed by atoms with E-state index in [9.17, 15) is 4.79 Å². The van der Waals surface area contributed by atoms with E-state index in [4.69, 9.17) is 0 Å². The predicted molar refractivity (Wildman–Crippen MR) is 84.7 cm³/mol. The minimum atomic E-state index is -0.145. The highest BCUT2D eigenvalue weighted by Gasteiger charge is 2.18. The molecule has 0 aliphatic heterocycles. The lowest BCUT2D eigenvalue weighted by Gasteiger charge is -2.20. The molecule has 5 nitrogen and oxygen atoms in total. The van der Waals surface area contributed by atoms with Gasteiger partial charge in [-0.15, -0.1) is 0 Å². The van der Waals surface area contributed by atoms with Crippen molar-refractivity contribution in [3.63, 3.8) is 0 Å². The number of anilines is 2. The normalized spacial score (nSPS) is 10.2. The Kier molecular flexibility index (Phi) is 4.87. The molecule has 0 saturated heterocycles. The monoisotopic (exact) mass is 284 g/mol. The van der Waals surface area contributed by atoms with Gasteiger partial charge in [0.05, 0.1) is 12.4 Å². The van der Waals surface area contributed by atoms with Gasteiger partial charge in [0, 0.05) is 18.8 Å². The molecule has 2 aromatic rings. The number of carbonyl (C=O) groups is 1. The highest BCUT2D eigenvalue weighted by atomic mass is 16.2. The molecule has 0 unspecified atom stereocenters. The van der Waals surface area contributed by atoms with E-state index in [2.05, 4.69) is 15.3 Å². The molecule has 1 amide bonds. The number of hydrogen-bond donors (Lipinski definition) is 1. The first-order valence-corrected chi connectivity index (χ1v) is 7.10. The maximum atomic E-state index is 12.6. The second kappa shape index (κ2) is 6.83. The number of aromatic nitrogens is 2. The van der Waals surface area contributed by atoms with Crippen molar-refractivity contribution in [1.82, 2.24) is 9.97 Å². The van der Waals surface area contributed by atoms with Crippen LogP contribution in [0.15, 0.2) is 36.7 Å². The van der Waals surface area contributed by atoms with Crippen molar-refractivity contribution in [3.8, 4) is 0 Å². The first kappa shape index (κ1) is 15.0. The van der Waals surface area contributed by atoms with E-state index in [1.54, 1.807) is 11.1 Å². The van der Waals surface area contributed by atoms with Gasteiger partial charge in [-0.1, -0.05) is 17.7 Å². The molecular weight excluding hydrogens is 264 g/mol. The summed E-state index contributed by atoms with van der Waals surface area (Å²) in [5, 5.41) is 3.06. The molecule has 1 heterocycles. The Labute approximate surface area is 125 Å². The van der Waals surface area contributed by atoms with Gasteiger partial charge in [0.15, 0.2) is 0 Å².